The minimum Gasteiger partial charge on any atom is -0.368 e. The Morgan fingerprint density at radius 3 is 2.59 bits per heavy atom. The third kappa shape index (κ3) is 2.99. The fourth-order valence-electron chi connectivity index (χ4n) is 2.61. The molecule has 2 rings (SSSR count). The maximum absolute atomic E-state index is 12.2. The third-order valence-electron chi connectivity index (χ3n) is 4.24. The summed E-state index contributed by atoms with van der Waals surface area (Å²) < 4.78 is 5.56. The fraction of sp³-hybridized carbons (Fsp3) is 0.923. The Labute approximate surface area is 104 Å². The second kappa shape index (κ2) is 5.36. The van der Waals surface area contributed by atoms with Crippen LogP contribution in [-0.2, 0) is 9.53 Å². The van der Waals surface area contributed by atoms with Crippen LogP contribution >= 0.6 is 0 Å². The second-order valence-electron chi connectivity index (χ2n) is 5.49. The van der Waals surface area contributed by atoms with Crippen molar-refractivity contribution < 1.29 is 9.53 Å². The highest BCUT2D eigenvalue weighted by atomic mass is 16.5. The summed E-state index contributed by atoms with van der Waals surface area (Å²) in [6.45, 7) is 4.69. The SMILES string of the molecule is CNC1(C)CCN(C(=O)C2CCCCO2)CC1. The molecular weight excluding hydrogens is 216 g/mol. The first-order valence-electron chi connectivity index (χ1n) is 6.74. The lowest BCUT2D eigenvalue weighted by Crippen LogP contribution is -2.53. The fourth-order valence-corrected chi connectivity index (χ4v) is 2.61. The quantitative estimate of drug-likeness (QED) is 0.787. The highest BCUT2D eigenvalue weighted by molar-refractivity contribution is 5.81. The van der Waals surface area contributed by atoms with Gasteiger partial charge in [-0.05, 0) is 46.1 Å². The molecule has 2 aliphatic rings. The molecule has 0 saturated carbocycles. The number of hydrogen-bond donors (Lipinski definition) is 1. The van der Waals surface area contributed by atoms with Gasteiger partial charge >= 0.3 is 0 Å². The predicted molar refractivity (Wildman–Crippen MR) is 66.9 cm³/mol. The molecule has 0 radical (unpaired) electrons. The van der Waals surface area contributed by atoms with Crippen LogP contribution in [0, 0.1) is 0 Å². The number of nitrogens with one attached hydrogen (secondary N) is 1. The standard InChI is InChI=1S/C13H24N2O2/c1-13(14-2)6-8-15(9-7-13)12(16)11-5-3-4-10-17-11/h11,14H,3-10H2,1-2H3. The number of ether oxygens (including phenoxy) is 1. The molecule has 2 saturated heterocycles. The number of hydrogen-bond acceptors (Lipinski definition) is 3. The minimum atomic E-state index is -0.164. The van der Waals surface area contributed by atoms with Gasteiger partial charge in [-0.2, -0.15) is 0 Å². The Bertz CT molecular complexity index is 267. The van der Waals surface area contributed by atoms with Crippen LogP contribution < -0.4 is 5.32 Å². The Morgan fingerprint density at radius 2 is 2.06 bits per heavy atom. The van der Waals surface area contributed by atoms with Crippen molar-refractivity contribution in [2.75, 3.05) is 26.7 Å². The molecule has 2 fully saturated rings. The van der Waals surface area contributed by atoms with Crippen LogP contribution in [0.15, 0.2) is 0 Å². The number of amides is 1. The molecule has 2 aliphatic heterocycles. The van der Waals surface area contributed by atoms with E-state index < -0.39 is 0 Å². The molecule has 1 N–H and O–H groups in total. The summed E-state index contributed by atoms with van der Waals surface area (Å²) in [4.78, 5) is 14.2. The molecule has 4 nitrogen and oxygen atoms in total. The van der Waals surface area contributed by atoms with E-state index in [1.165, 1.54) is 0 Å². The Morgan fingerprint density at radius 1 is 1.35 bits per heavy atom. The molecule has 2 heterocycles. The number of piperidine rings is 1. The Hall–Kier alpha value is -0.610. The van der Waals surface area contributed by atoms with E-state index >= 15 is 0 Å². The number of nitrogens with zero attached hydrogens (tertiary/aromatic N) is 1. The van der Waals surface area contributed by atoms with Crippen molar-refractivity contribution in [2.24, 2.45) is 0 Å². The zero-order valence-corrected chi connectivity index (χ0v) is 11.0. The molecule has 0 aromatic carbocycles. The van der Waals surface area contributed by atoms with Crippen LogP contribution in [-0.4, -0.2) is 49.2 Å². The van der Waals surface area contributed by atoms with Gasteiger partial charge in [0.15, 0.2) is 0 Å². The number of carbonyl (C=O) groups is 1. The molecule has 0 bridgehead atoms. The maximum atomic E-state index is 12.2. The molecule has 4 heteroatoms. The topological polar surface area (TPSA) is 41.6 Å². The molecule has 17 heavy (non-hydrogen) atoms. The minimum absolute atomic E-state index is 0.164. The van der Waals surface area contributed by atoms with Gasteiger partial charge in [0.1, 0.15) is 6.10 Å². The van der Waals surface area contributed by atoms with E-state index in [0.717, 1.165) is 51.8 Å². The number of likely N-dealkylation sites (tertiary alicyclic amines) is 1. The molecule has 1 atom stereocenters. The first-order chi connectivity index (χ1) is 8.14. The molecule has 0 aliphatic carbocycles. The van der Waals surface area contributed by atoms with Gasteiger partial charge in [-0.1, -0.05) is 0 Å². The van der Waals surface area contributed by atoms with E-state index in [9.17, 15) is 4.79 Å². The first-order valence-corrected chi connectivity index (χ1v) is 6.74. The smallest absolute Gasteiger partial charge is 0.251 e. The van der Waals surface area contributed by atoms with Gasteiger partial charge in [-0.15, -0.1) is 0 Å². The molecule has 0 aromatic rings. The monoisotopic (exact) mass is 240 g/mol. The van der Waals surface area contributed by atoms with Gasteiger partial charge in [-0.3, -0.25) is 4.79 Å². The van der Waals surface area contributed by atoms with E-state index in [4.69, 9.17) is 4.74 Å². The molecule has 98 valence electrons. The van der Waals surface area contributed by atoms with Crippen LogP contribution in [0.4, 0.5) is 0 Å². The van der Waals surface area contributed by atoms with Crippen molar-refractivity contribution in [2.45, 2.75) is 50.7 Å². The van der Waals surface area contributed by atoms with E-state index in [1.807, 2.05) is 11.9 Å². The normalized spacial score (nSPS) is 29.1. The van der Waals surface area contributed by atoms with Crippen molar-refractivity contribution in [3.8, 4) is 0 Å². The van der Waals surface area contributed by atoms with Crippen LogP contribution in [0.5, 0.6) is 0 Å². The zero-order valence-electron chi connectivity index (χ0n) is 11.0. The van der Waals surface area contributed by atoms with Gasteiger partial charge < -0.3 is 15.0 Å². The van der Waals surface area contributed by atoms with Gasteiger partial charge in [0.2, 0.25) is 0 Å². The van der Waals surface area contributed by atoms with E-state index in [-0.39, 0.29) is 17.6 Å². The summed E-state index contributed by atoms with van der Waals surface area (Å²) >= 11 is 0. The van der Waals surface area contributed by atoms with Crippen LogP contribution in [0.1, 0.15) is 39.0 Å². The largest absolute Gasteiger partial charge is 0.368 e. The Balaban J connectivity index is 1.85. The summed E-state index contributed by atoms with van der Waals surface area (Å²) in [5.41, 5.74) is 0.199. The van der Waals surface area contributed by atoms with Gasteiger partial charge in [0.25, 0.3) is 5.91 Å². The second-order valence-corrected chi connectivity index (χ2v) is 5.49. The number of rotatable bonds is 2. The van der Waals surface area contributed by atoms with Crippen LogP contribution in [0.25, 0.3) is 0 Å². The summed E-state index contributed by atoms with van der Waals surface area (Å²) in [5.74, 6) is 0.211. The molecule has 0 aromatic heterocycles. The summed E-state index contributed by atoms with van der Waals surface area (Å²) in [6, 6.07) is 0. The number of carbonyl (C=O) groups excluding carboxylic acids is 1. The first kappa shape index (κ1) is 12.8. The van der Waals surface area contributed by atoms with Crippen molar-refractivity contribution in [1.82, 2.24) is 10.2 Å². The highest BCUT2D eigenvalue weighted by Gasteiger charge is 2.33. The lowest BCUT2D eigenvalue weighted by molar-refractivity contribution is -0.148. The van der Waals surface area contributed by atoms with Crippen molar-refractivity contribution in [3.05, 3.63) is 0 Å². The van der Waals surface area contributed by atoms with Crippen LogP contribution in [0.2, 0.25) is 0 Å². The summed E-state index contributed by atoms with van der Waals surface area (Å²) in [6.07, 6.45) is 5.02. The van der Waals surface area contributed by atoms with E-state index in [1.54, 1.807) is 0 Å². The molecule has 1 amide bonds. The van der Waals surface area contributed by atoms with Crippen molar-refractivity contribution >= 4 is 5.91 Å². The predicted octanol–water partition coefficient (Wildman–Crippen LogP) is 1.16. The van der Waals surface area contributed by atoms with Crippen LogP contribution in [0.3, 0.4) is 0 Å². The van der Waals surface area contributed by atoms with Crippen molar-refractivity contribution in [3.63, 3.8) is 0 Å². The highest BCUT2D eigenvalue weighted by Crippen LogP contribution is 2.23. The zero-order chi connectivity index (χ0) is 12.3. The lowest BCUT2D eigenvalue weighted by Gasteiger charge is -2.40. The average molecular weight is 240 g/mol. The van der Waals surface area contributed by atoms with E-state index in [2.05, 4.69) is 12.2 Å². The van der Waals surface area contributed by atoms with Gasteiger partial charge in [0.05, 0.1) is 0 Å². The molecule has 1 unspecified atom stereocenters. The maximum Gasteiger partial charge on any atom is 0.251 e. The van der Waals surface area contributed by atoms with Crippen molar-refractivity contribution in [1.29, 1.82) is 0 Å². The van der Waals surface area contributed by atoms with Gasteiger partial charge in [-0.25, -0.2) is 0 Å². The lowest BCUT2D eigenvalue weighted by atomic mass is 9.89. The summed E-state index contributed by atoms with van der Waals surface area (Å²) in [7, 11) is 2.00. The summed E-state index contributed by atoms with van der Waals surface area (Å²) in [5, 5.41) is 3.35. The van der Waals surface area contributed by atoms with Gasteiger partial charge in [0, 0.05) is 25.2 Å². The molecular formula is C13H24N2O2. The van der Waals surface area contributed by atoms with E-state index in [0.29, 0.717) is 0 Å². The average Bonchev–Trinajstić information content (AvgIpc) is 2.40. The Kier molecular flexibility index (Phi) is 4.05. The molecule has 0 spiro atoms. The third-order valence-corrected chi connectivity index (χ3v) is 4.24.